The molecule has 0 amide bonds. The van der Waals surface area contributed by atoms with Gasteiger partial charge < -0.3 is 10.5 Å². The predicted octanol–water partition coefficient (Wildman–Crippen LogP) is 3.19. The Balaban J connectivity index is 2.03. The second kappa shape index (κ2) is 6.05. The third kappa shape index (κ3) is 3.25. The number of benzene rings is 1. The Morgan fingerprint density at radius 1 is 1.50 bits per heavy atom. The first-order valence-corrected chi connectivity index (χ1v) is 7.04. The summed E-state index contributed by atoms with van der Waals surface area (Å²) >= 11 is 6.27. The average Bonchev–Trinajstić information content (AvgIpc) is 2.33. The van der Waals surface area contributed by atoms with Crippen LogP contribution >= 0.6 is 11.6 Å². The van der Waals surface area contributed by atoms with E-state index in [-0.39, 0.29) is 6.04 Å². The lowest BCUT2D eigenvalue weighted by Crippen LogP contribution is -2.40. The smallest absolute Gasteiger partial charge is 0.0494 e. The van der Waals surface area contributed by atoms with Crippen molar-refractivity contribution < 1.29 is 4.74 Å². The second-order valence-corrected chi connectivity index (χ2v) is 5.87. The van der Waals surface area contributed by atoms with Crippen molar-refractivity contribution in [2.24, 2.45) is 17.6 Å². The van der Waals surface area contributed by atoms with Gasteiger partial charge in [-0.15, -0.1) is 0 Å². The van der Waals surface area contributed by atoms with Crippen LogP contribution in [0.5, 0.6) is 0 Å². The van der Waals surface area contributed by atoms with E-state index in [1.807, 2.05) is 6.07 Å². The van der Waals surface area contributed by atoms with Crippen LogP contribution in [0.4, 0.5) is 0 Å². The van der Waals surface area contributed by atoms with Gasteiger partial charge in [-0.05, 0) is 48.8 Å². The summed E-state index contributed by atoms with van der Waals surface area (Å²) in [7, 11) is 0. The molecule has 0 bridgehead atoms. The number of ether oxygens (including phenoxy) is 1. The maximum Gasteiger partial charge on any atom is 0.0494 e. The quantitative estimate of drug-likeness (QED) is 0.913. The largest absolute Gasteiger partial charge is 0.381 e. The molecule has 1 aromatic rings. The maximum atomic E-state index is 6.36. The highest BCUT2D eigenvalue weighted by Gasteiger charge is 2.27. The topological polar surface area (TPSA) is 35.2 Å². The molecule has 0 aliphatic carbocycles. The van der Waals surface area contributed by atoms with Gasteiger partial charge in [-0.3, -0.25) is 0 Å². The van der Waals surface area contributed by atoms with Crippen molar-refractivity contribution in [3.8, 4) is 0 Å². The van der Waals surface area contributed by atoms with E-state index in [9.17, 15) is 0 Å². The van der Waals surface area contributed by atoms with Gasteiger partial charge in [-0.1, -0.05) is 30.7 Å². The molecule has 3 atom stereocenters. The van der Waals surface area contributed by atoms with Gasteiger partial charge in [0.15, 0.2) is 0 Å². The minimum Gasteiger partial charge on any atom is -0.381 e. The summed E-state index contributed by atoms with van der Waals surface area (Å²) in [6.07, 6.45) is 1.92. The summed E-state index contributed by atoms with van der Waals surface area (Å²) in [4.78, 5) is 0. The molecule has 2 N–H and O–H groups in total. The zero-order valence-corrected chi connectivity index (χ0v) is 11.9. The Hall–Kier alpha value is -0.570. The molecule has 2 nitrogen and oxygen atoms in total. The summed E-state index contributed by atoms with van der Waals surface area (Å²) in [5.74, 6) is 1.08. The molecule has 0 spiro atoms. The predicted molar refractivity (Wildman–Crippen MR) is 76.0 cm³/mol. The summed E-state index contributed by atoms with van der Waals surface area (Å²) in [6.45, 7) is 5.95. The lowest BCUT2D eigenvalue weighted by Gasteiger charge is -2.33. The third-order valence-corrected chi connectivity index (χ3v) is 4.27. The summed E-state index contributed by atoms with van der Waals surface area (Å²) in [5, 5.41) is 0.838. The molecule has 1 fully saturated rings. The summed E-state index contributed by atoms with van der Waals surface area (Å²) in [6, 6.07) is 6.38. The third-order valence-electron chi connectivity index (χ3n) is 3.92. The SMILES string of the molecule is Cc1ccc(CC(N)C2CCOCC2C)c(Cl)c1. The van der Waals surface area contributed by atoms with Crippen molar-refractivity contribution in [2.75, 3.05) is 13.2 Å². The highest BCUT2D eigenvalue weighted by atomic mass is 35.5. The lowest BCUT2D eigenvalue weighted by molar-refractivity contribution is 0.0157. The Bertz CT molecular complexity index is 407. The van der Waals surface area contributed by atoms with Crippen LogP contribution in [0.3, 0.4) is 0 Å². The van der Waals surface area contributed by atoms with Gasteiger partial charge in [0.1, 0.15) is 0 Å². The van der Waals surface area contributed by atoms with Gasteiger partial charge in [0.2, 0.25) is 0 Å². The van der Waals surface area contributed by atoms with Crippen molar-refractivity contribution in [1.29, 1.82) is 0 Å². The van der Waals surface area contributed by atoms with Crippen LogP contribution < -0.4 is 5.73 Å². The molecular weight excluding hydrogens is 246 g/mol. The minimum absolute atomic E-state index is 0.170. The van der Waals surface area contributed by atoms with Gasteiger partial charge in [0.25, 0.3) is 0 Å². The van der Waals surface area contributed by atoms with Crippen molar-refractivity contribution in [3.05, 3.63) is 34.3 Å². The van der Waals surface area contributed by atoms with Crippen molar-refractivity contribution in [1.82, 2.24) is 0 Å². The molecule has 3 heteroatoms. The number of halogens is 1. The van der Waals surface area contributed by atoms with E-state index >= 15 is 0 Å². The van der Waals surface area contributed by atoms with Crippen molar-refractivity contribution in [2.45, 2.75) is 32.7 Å². The molecule has 1 aromatic carbocycles. The zero-order chi connectivity index (χ0) is 13.1. The Kier molecular flexibility index (Phi) is 4.66. The molecule has 100 valence electrons. The monoisotopic (exact) mass is 267 g/mol. The van der Waals surface area contributed by atoms with Crippen LogP contribution in [0, 0.1) is 18.8 Å². The molecule has 1 saturated heterocycles. The fourth-order valence-electron chi connectivity index (χ4n) is 2.76. The van der Waals surface area contributed by atoms with Crippen LogP contribution in [-0.2, 0) is 11.2 Å². The van der Waals surface area contributed by atoms with Crippen LogP contribution in [0.25, 0.3) is 0 Å². The first kappa shape index (κ1) is 13.9. The van der Waals surface area contributed by atoms with Gasteiger partial charge in [-0.2, -0.15) is 0 Å². The first-order valence-electron chi connectivity index (χ1n) is 6.66. The molecule has 1 heterocycles. The number of rotatable bonds is 3. The van der Waals surface area contributed by atoms with E-state index < -0.39 is 0 Å². The van der Waals surface area contributed by atoms with Gasteiger partial charge in [-0.25, -0.2) is 0 Å². The van der Waals surface area contributed by atoms with Gasteiger partial charge in [0, 0.05) is 24.3 Å². The number of aryl methyl sites for hydroxylation is 1. The lowest BCUT2D eigenvalue weighted by atomic mass is 9.81. The Labute approximate surface area is 114 Å². The van der Waals surface area contributed by atoms with Crippen molar-refractivity contribution >= 4 is 11.6 Å². The molecule has 1 aliphatic heterocycles. The van der Waals surface area contributed by atoms with E-state index in [4.69, 9.17) is 22.1 Å². The van der Waals surface area contributed by atoms with E-state index in [2.05, 4.69) is 26.0 Å². The Morgan fingerprint density at radius 2 is 2.28 bits per heavy atom. The van der Waals surface area contributed by atoms with E-state index in [1.54, 1.807) is 0 Å². The second-order valence-electron chi connectivity index (χ2n) is 5.47. The summed E-state index contributed by atoms with van der Waals surface area (Å²) < 4.78 is 5.47. The molecule has 3 unspecified atom stereocenters. The molecule has 1 aliphatic rings. The van der Waals surface area contributed by atoms with Crippen LogP contribution in [0.15, 0.2) is 18.2 Å². The standard InChI is InChI=1S/C15H22ClNO/c1-10-3-4-12(14(16)7-10)8-15(17)13-5-6-18-9-11(13)2/h3-4,7,11,13,15H,5-6,8-9,17H2,1-2H3. The fourth-order valence-corrected chi connectivity index (χ4v) is 3.07. The zero-order valence-electron chi connectivity index (χ0n) is 11.2. The molecule has 0 radical (unpaired) electrons. The molecular formula is C15H22ClNO. The molecule has 0 aromatic heterocycles. The number of nitrogens with two attached hydrogens (primary N) is 1. The minimum atomic E-state index is 0.170. The Morgan fingerprint density at radius 3 is 2.94 bits per heavy atom. The molecule has 18 heavy (non-hydrogen) atoms. The van der Waals surface area contributed by atoms with Crippen LogP contribution in [0.1, 0.15) is 24.5 Å². The van der Waals surface area contributed by atoms with Crippen molar-refractivity contribution in [3.63, 3.8) is 0 Å². The maximum absolute atomic E-state index is 6.36. The van der Waals surface area contributed by atoms with Gasteiger partial charge >= 0.3 is 0 Å². The highest BCUT2D eigenvalue weighted by molar-refractivity contribution is 6.31. The van der Waals surface area contributed by atoms with E-state index in [0.717, 1.165) is 36.6 Å². The van der Waals surface area contributed by atoms with Crippen LogP contribution in [0.2, 0.25) is 5.02 Å². The number of hydrogen-bond donors (Lipinski definition) is 1. The molecule has 0 saturated carbocycles. The molecule has 2 rings (SSSR count). The summed E-state index contributed by atoms with van der Waals surface area (Å²) in [5.41, 5.74) is 8.72. The highest BCUT2D eigenvalue weighted by Crippen LogP contribution is 2.27. The normalized spacial score (nSPS) is 26.0. The average molecular weight is 268 g/mol. The first-order chi connectivity index (χ1) is 8.58. The number of hydrogen-bond acceptors (Lipinski definition) is 2. The fraction of sp³-hybridized carbons (Fsp3) is 0.600. The van der Waals surface area contributed by atoms with E-state index in [0.29, 0.717) is 11.8 Å². The van der Waals surface area contributed by atoms with E-state index in [1.165, 1.54) is 5.56 Å². The van der Waals surface area contributed by atoms with Gasteiger partial charge in [0.05, 0.1) is 0 Å². The van der Waals surface area contributed by atoms with Crippen LogP contribution in [-0.4, -0.2) is 19.3 Å².